The van der Waals surface area contributed by atoms with Gasteiger partial charge in [0.1, 0.15) is 35.1 Å². The van der Waals surface area contributed by atoms with Crippen molar-refractivity contribution in [3.05, 3.63) is 71.3 Å². The minimum absolute atomic E-state index is 0.0325. The number of hydrogen-bond donors (Lipinski definition) is 3. The van der Waals surface area contributed by atoms with Crippen molar-refractivity contribution in [1.29, 1.82) is 0 Å². The Labute approximate surface area is 252 Å². The third kappa shape index (κ3) is 5.21. The Hall–Kier alpha value is -5.00. The van der Waals surface area contributed by atoms with Gasteiger partial charge in [0.25, 0.3) is 12.3 Å². The molecule has 0 spiro atoms. The van der Waals surface area contributed by atoms with Crippen LogP contribution in [0, 0.1) is 5.82 Å². The van der Waals surface area contributed by atoms with Gasteiger partial charge in [-0.25, -0.2) is 22.8 Å². The number of primary amides is 1. The summed E-state index contributed by atoms with van der Waals surface area (Å²) in [6.45, 7) is -5.79. The quantitative estimate of drug-likeness (QED) is 0.229. The largest absolute Gasteiger partial charge is 0.494 e. The highest BCUT2D eigenvalue weighted by atomic mass is 19.4. The number of ether oxygens (including phenoxy) is 2. The number of carbonyl (C=O) groups excluding carboxylic acids is 2. The maximum Gasteiger partial charge on any atom is 0.424 e. The van der Waals surface area contributed by atoms with Gasteiger partial charge in [-0.3, -0.25) is 9.59 Å². The molecule has 2 amide bonds. The highest BCUT2D eigenvalue weighted by Gasteiger charge is 2.60. The molecule has 5 rings (SSSR count). The van der Waals surface area contributed by atoms with Crippen LogP contribution in [0.4, 0.5) is 35.1 Å². The van der Waals surface area contributed by atoms with Crippen molar-refractivity contribution in [3.8, 4) is 22.8 Å². The number of nitrogens with zero attached hydrogens (tertiary/aromatic N) is 3. The summed E-state index contributed by atoms with van der Waals surface area (Å²) in [5.41, 5.74) is -5.07. The lowest BCUT2D eigenvalue weighted by atomic mass is 9.80. The summed E-state index contributed by atoms with van der Waals surface area (Å²) in [6.07, 6.45) is -8.35. The molecule has 18 heteroatoms. The first-order valence-corrected chi connectivity index (χ1v) is 13.0. The fraction of sp³-hybridized carbons (Fsp3) is 0.286. The number of carbonyl (C=O) groups is 2. The van der Waals surface area contributed by atoms with Crippen LogP contribution in [-0.4, -0.2) is 64.5 Å². The number of nitrogens with two attached hydrogens (primary N) is 1. The lowest BCUT2D eigenvalue weighted by Crippen LogP contribution is -2.52. The van der Waals surface area contributed by atoms with E-state index in [0.29, 0.717) is 6.07 Å². The fourth-order valence-corrected chi connectivity index (χ4v) is 4.94. The summed E-state index contributed by atoms with van der Waals surface area (Å²) in [6, 6.07) is 6.32. The van der Waals surface area contributed by atoms with Crippen molar-refractivity contribution < 1.29 is 59.3 Å². The molecule has 0 bridgehead atoms. The molecule has 1 aliphatic heterocycles. The second-order valence-corrected chi connectivity index (χ2v) is 10.2. The third-order valence-electron chi connectivity index (χ3n) is 7.50. The number of fused-ring (bicyclic) bond motifs is 2. The number of methoxy groups -OCH3 is 1. The summed E-state index contributed by atoms with van der Waals surface area (Å²) < 4.78 is 123. The van der Waals surface area contributed by atoms with Gasteiger partial charge >= 0.3 is 12.7 Å². The van der Waals surface area contributed by atoms with Gasteiger partial charge in [-0.2, -0.15) is 27.1 Å². The van der Waals surface area contributed by atoms with E-state index < -0.39 is 83.7 Å². The Morgan fingerprint density at radius 1 is 1.15 bits per heavy atom. The number of benzene rings is 2. The molecular weight excluding hydrogens is 638 g/mol. The van der Waals surface area contributed by atoms with Crippen molar-refractivity contribution in [1.82, 2.24) is 20.1 Å². The van der Waals surface area contributed by atoms with E-state index in [9.17, 15) is 49.8 Å². The SMILES string of the molecule is COc1cc(C(=O)NCC(O)(c2cc3c(c(-c4ccc(F)cc4)n2)OCC3(C(N)=O)C(F)F)C(F)(F)F)cc2cn(C(F)F)nc12. The van der Waals surface area contributed by atoms with E-state index in [1.165, 1.54) is 0 Å². The van der Waals surface area contributed by atoms with Crippen molar-refractivity contribution in [2.24, 2.45) is 5.73 Å². The number of aromatic nitrogens is 3. The topological polar surface area (TPSA) is 142 Å². The number of alkyl halides is 7. The summed E-state index contributed by atoms with van der Waals surface area (Å²) >= 11 is 0. The number of amides is 2. The van der Waals surface area contributed by atoms with Gasteiger partial charge in [-0.05, 0) is 42.5 Å². The first-order chi connectivity index (χ1) is 21.5. The number of rotatable bonds is 9. The molecule has 244 valence electrons. The highest BCUT2D eigenvalue weighted by Crippen LogP contribution is 2.49. The van der Waals surface area contributed by atoms with Gasteiger partial charge in [-0.1, -0.05) is 0 Å². The summed E-state index contributed by atoms with van der Waals surface area (Å²) in [5, 5.41) is 16.6. The normalized spacial score (nSPS) is 17.6. The minimum Gasteiger partial charge on any atom is -0.494 e. The third-order valence-corrected chi connectivity index (χ3v) is 7.50. The van der Waals surface area contributed by atoms with Crippen LogP contribution in [0.15, 0.2) is 48.7 Å². The molecule has 1 aliphatic rings. The molecule has 0 aliphatic carbocycles. The molecule has 2 aromatic carbocycles. The van der Waals surface area contributed by atoms with Gasteiger partial charge in [0.2, 0.25) is 11.5 Å². The van der Waals surface area contributed by atoms with Crippen molar-refractivity contribution >= 4 is 22.7 Å². The van der Waals surface area contributed by atoms with Gasteiger partial charge in [0, 0.05) is 28.3 Å². The van der Waals surface area contributed by atoms with E-state index in [-0.39, 0.29) is 32.5 Å². The Morgan fingerprint density at radius 3 is 2.39 bits per heavy atom. The lowest BCUT2D eigenvalue weighted by Gasteiger charge is -2.32. The molecular formula is C28H21F8N5O5. The molecule has 46 heavy (non-hydrogen) atoms. The van der Waals surface area contributed by atoms with Crippen LogP contribution in [0.5, 0.6) is 11.5 Å². The molecule has 4 aromatic rings. The molecule has 2 unspecified atom stereocenters. The van der Waals surface area contributed by atoms with Crippen LogP contribution in [0.3, 0.4) is 0 Å². The Morgan fingerprint density at radius 2 is 1.83 bits per heavy atom. The first-order valence-electron chi connectivity index (χ1n) is 13.0. The van der Waals surface area contributed by atoms with Crippen molar-refractivity contribution in [2.45, 2.75) is 30.2 Å². The predicted molar refractivity (Wildman–Crippen MR) is 142 cm³/mol. The van der Waals surface area contributed by atoms with E-state index in [1.807, 2.05) is 5.32 Å². The number of nitrogens with one attached hydrogen (secondary N) is 1. The maximum atomic E-state index is 14.6. The highest BCUT2D eigenvalue weighted by molar-refractivity contribution is 6.00. The van der Waals surface area contributed by atoms with Crippen LogP contribution in [0.25, 0.3) is 22.2 Å². The summed E-state index contributed by atoms with van der Waals surface area (Å²) in [7, 11) is 1.13. The zero-order valence-electron chi connectivity index (χ0n) is 23.2. The Bertz CT molecular complexity index is 1830. The maximum absolute atomic E-state index is 14.6. The van der Waals surface area contributed by atoms with E-state index >= 15 is 0 Å². The average molecular weight is 659 g/mol. The van der Waals surface area contributed by atoms with E-state index in [4.69, 9.17) is 15.2 Å². The Kier molecular flexibility index (Phi) is 8.04. The summed E-state index contributed by atoms with van der Waals surface area (Å²) in [4.78, 5) is 29.2. The number of halogens is 8. The molecule has 0 radical (unpaired) electrons. The smallest absolute Gasteiger partial charge is 0.424 e. The summed E-state index contributed by atoms with van der Waals surface area (Å²) in [5.74, 6) is -4.37. The number of pyridine rings is 1. The fourth-order valence-electron chi connectivity index (χ4n) is 4.94. The lowest BCUT2D eigenvalue weighted by molar-refractivity contribution is -0.265. The van der Waals surface area contributed by atoms with Crippen molar-refractivity contribution in [3.63, 3.8) is 0 Å². The molecule has 2 atom stereocenters. The minimum atomic E-state index is -5.64. The van der Waals surface area contributed by atoms with Crippen LogP contribution in [-0.2, 0) is 15.8 Å². The van der Waals surface area contributed by atoms with E-state index in [1.54, 1.807) is 0 Å². The Balaban J connectivity index is 1.61. The standard InChI is InChI=1S/C28H21F8N5O5/c1-45-17-7-13(6-14-9-41(25(32)33)40-19(14)17)22(42)38-10-27(44,28(34,35)36)18-8-16-21(46-11-26(16,23(30)31)24(37)43)20(39-18)12-2-4-15(29)5-3-12/h2-9,23,25,44H,10-11H2,1H3,(H2,37,43)(H,38,42). The van der Waals surface area contributed by atoms with Crippen LogP contribution in [0.1, 0.15) is 28.2 Å². The zero-order chi connectivity index (χ0) is 33.8. The van der Waals surface area contributed by atoms with Crippen LogP contribution >= 0.6 is 0 Å². The number of hydrogen-bond acceptors (Lipinski definition) is 7. The predicted octanol–water partition coefficient (Wildman–Crippen LogP) is 4.20. The number of aliphatic hydroxyl groups is 1. The molecule has 4 N–H and O–H groups in total. The van der Waals surface area contributed by atoms with Crippen LogP contribution < -0.4 is 20.5 Å². The zero-order valence-corrected chi connectivity index (χ0v) is 23.2. The molecule has 0 fully saturated rings. The molecule has 10 nitrogen and oxygen atoms in total. The average Bonchev–Trinajstić information content (AvgIpc) is 3.62. The molecule has 3 heterocycles. The van der Waals surface area contributed by atoms with Gasteiger partial charge in [-0.15, -0.1) is 0 Å². The second kappa shape index (κ2) is 11.4. The second-order valence-electron chi connectivity index (χ2n) is 10.2. The molecule has 0 saturated carbocycles. The molecule has 2 aromatic heterocycles. The molecule has 0 saturated heterocycles. The first kappa shape index (κ1) is 32.4. The van der Waals surface area contributed by atoms with Crippen LogP contribution in [0.2, 0.25) is 0 Å². The van der Waals surface area contributed by atoms with E-state index in [0.717, 1.165) is 49.7 Å². The van der Waals surface area contributed by atoms with Gasteiger partial charge in [0.05, 0.1) is 19.3 Å². The monoisotopic (exact) mass is 659 g/mol. The van der Waals surface area contributed by atoms with Crippen molar-refractivity contribution in [2.75, 3.05) is 20.3 Å². The van der Waals surface area contributed by atoms with Gasteiger partial charge in [0.15, 0.2) is 5.41 Å². The van der Waals surface area contributed by atoms with Gasteiger partial charge < -0.3 is 25.6 Å². The van der Waals surface area contributed by atoms with E-state index in [2.05, 4.69) is 10.1 Å².